The molecule has 1 aromatic rings. The van der Waals surface area contributed by atoms with Gasteiger partial charge < -0.3 is 4.74 Å². The van der Waals surface area contributed by atoms with Gasteiger partial charge in [0, 0.05) is 10.9 Å². The van der Waals surface area contributed by atoms with Gasteiger partial charge in [0.25, 0.3) is 0 Å². The Morgan fingerprint density at radius 1 is 1.25 bits per heavy atom. The highest BCUT2D eigenvalue weighted by atomic mass is 79.9. The lowest BCUT2D eigenvalue weighted by Gasteiger charge is -2.36. The van der Waals surface area contributed by atoms with E-state index in [0.29, 0.717) is 10.9 Å². The molecule has 1 aliphatic carbocycles. The van der Waals surface area contributed by atoms with Crippen LogP contribution in [0, 0.1) is 5.92 Å². The van der Waals surface area contributed by atoms with Crippen molar-refractivity contribution >= 4 is 21.5 Å². The molecule has 2 rings (SSSR count). The second-order valence-electron chi connectivity index (χ2n) is 6.06. The Bertz CT molecular complexity index is 676. The van der Waals surface area contributed by atoms with Gasteiger partial charge in [0.1, 0.15) is 5.76 Å². The first-order chi connectivity index (χ1) is 11.2. The Hall–Kier alpha value is -1.30. The van der Waals surface area contributed by atoms with Crippen LogP contribution in [0.2, 0.25) is 0 Å². The molecule has 132 valence electrons. The Balaban J connectivity index is 2.68. The second kappa shape index (κ2) is 6.90. The van der Waals surface area contributed by atoms with E-state index >= 15 is 0 Å². The van der Waals surface area contributed by atoms with E-state index in [-0.39, 0.29) is 11.3 Å². The van der Waals surface area contributed by atoms with Gasteiger partial charge in [0.2, 0.25) is 5.67 Å². The molecule has 0 spiro atoms. The van der Waals surface area contributed by atoms with Crippen LogP contribution < -0.4 is 0 Å². The Morgan fingerprint density at radius 2 is 1.88 bits per heavy atom. The summed E-state index contributed by atoms with van der Waals surface area (Å²) in [5.41, 5.74) is -1.52. The van der Waals surface area contributed by atoms with Gasteiger partial charge in [0.15, 0.2) is 0 Å². The summed E-state index contributed by atoms with van der Waals surface area (Å²) < 4.78 is 60.4. The maximum absolute atomic E-state index is 15.0. The first-order valence-corrected chi connectivity index (χ1v) is 8.67. The highest BCUT2D eigenvalue weighted by Gasteiger charge is 2.60. The molecule has 1 nitrogen and oxygen atoms in total. The molecule has 0 bridgehead atoms. The van der Waals surface area contributed by atoms with Crippen LogP contribution in [0.3, 0.4) is 0 Å². The fraction of sp³-hybridized carbons (Fsp3) is 0.444. The van der Waals surface area contributed by atoms with Gasteiger partial charge in [-0.25, -0.2) is 4.39 Å². The van der Waals surface area contributed by atoms with Crippen LogP contribution in [0.15, 0.2) is 41.7 Å². The van der Waals surface area contributed by atoms with Crippen molar-refractivity contribution in [1.29, 1.82) is 0 Å². The van der Waals surface area contributed by atoms with Crippen LogP contribution in [-0.4, -0.2) is 19.0 Å². The highest BCUT2D eigenvalue weighted by molar-refractivity contribution is 9.08. The summed E-state index contributed by atoms with van der Waals surface area (Å²) in [6, 6.07) is 7.32. The molecular formula is C18H19BrF4O. The minimum absolute atomic E-state index is 0.00706. The summed E-state index contributed by atoms with van der Waals surface area (Å²) in [6.45, 7) is 3.13. The fourth-order valence-electron chi connectivity index (χ4n) is 2.97. The van der Waals surface area contributed by atoms with Crippen molar-refractivity contribution < 1.29 is 22.3 Å². The summed E-state index contributed by atoms with van der Waals surface area (Å²) in [6.07, 6.45) is -4.53. The minimum Gasteiger partial charge on any atom is -0.500 e. The zero-order chi connectivity index (χ0) is 18.1. The molecular weight excluding hydrogens is 388 g/mol. The van der Waals surface area contributed by atoms with Crippen LogP contribution in [-0.2, 0) is 10.1 Å². The van der Waals surface area contributed by atoms with Gasteiger partial charge in [-0.1, -0.05) is 54.0 Å². The molecule has 24 heavy (non-hydrogen) atoms. The van der Waals surface area contributed by atoms with E-state index in [1.165, 1.54) is 13.2 Å². The molecule has 0 saturated heterocycles. The minimum atomic E-state index is -4.99. The predicted octanol–water partition coefficient (Wildman–Crippen LogP) is 6.20. The molecule has 0 amide bonds. The first kappa shape index (κ1) is 19.0. The van der Waals surface area contributed by atoms with Gasteiger partial charge >= 0.3 is 6.18 Å². The summed E-state index contributed by atoms with van der Waals surface area (Å²) >= 11 is 3.38. The quantitative estimate of drug-likeness (QED) is 0.427. The molecule has 1 aromatic carbocycles. The van der Waals surface area contributed by atoms with Gasteiger partial charge in [-0.3, -0.25) is 0 Å². The maximum atomic E-state index is 15.0. The average Bonchev–Trinajstić information content (AvgIpc) is 2.53. The zero-order valence-corrected chi connectivity index (χ0v) is 15.3. The average molecular weight is 407 g/mol. The third-order valence-electron chi connectivity index (χ3n) is 4.23. The van der Waals surface area contributed by atoms with Crippen molar-refractivity contribution in [3.8, 4) is 0 Å². The topological polar surface area (TPSA) is 9.23 Å². The molecule has 0 aromatic heterocycles. The third-order valence-corrected chi connectivity index (χ3v) is 4.84. The number of rotatable bonds is 4. The highest BCUT2D eigenvalue weighted by Crippen LogP contribution is 2.51. The molecule has 6 heteroatoms. The molecule has 0 saturated carbocycles. The Morgan fingerprint density at radius 3 is 2.38 bits per heavy atom. The molecule has 1 aliphatic rings. The van der Waals surface area contributed by atoms with E-state index in [9.17, 15) is 17.6 Å². The van der Waals surface area contributed by atoms with Crippen molar-refractivity contribution in [1.82, 2.24) is 0 Å². The molecule has 0 aliphatic heterocycles. The van der Waals surface area contributed by atoms with Gasteiger partial charge in [-0.2, -0.15) is 13.2 Å². The van der Waals surface area contributed by atoms with Crippen molar-refractivity contribution in [2.24, 2.45) is 5.92 Å². The maximum Gasteiger partial charge on any atom is 0.426 e. The lowest BCUT2D eigenvalue weighted by Crippen LogP contribution is -2.46. The van der Waals surface area contributed by atoms with Crippen LogP contribution in [0.5, 0.6) is 0 Å². The molecule has 0 heterocycles. The molecule has 1 atom stereocenters. The number of hydrogen-bond acceptors (Lipinski definition) is 1. The molecule has 0 radical (unpaired) electrons. The number of halogens is 5. The van der Waals surface area contributed by atoms with Crippen molar-refractivity contribution in [2.45, 2.75) is 37.4 Å². The number of hydrogen-bond donors (Lipinski definition) is 0. The number of benzene rings is 1. The van der Waals surface area contributed by atoms with Crippen molar-refractivity contribution in [3.05, 3.63) is 52.8 Å². The Labute approximate surface area is 147 Å². The third kappa shape index (κ3) is 3.25. The lowest BCUT2D eigenvalue weighted by atomic mass is 9.77. The van der Waals surface area contributed by atoms with E-state index in [4.69, 9.17) is 4.74 Å². The normalized spacial score (nSPS) is 22.0. The van der Waals surface area contributed by atoms with Crippen LogP contribution in [0.4, 0.5) is 17.6 Å². The zero-order valence-electron chi connectivity index (χ0n) is 13.7. The van der Waals surface area contributed by atoms with E-state index in [2.05, 4.69) is 15.9 Å². The molecule has 1 unspecified atom stereocenters. The summed E-state index contributed by atoms with van der Waals surface area (Å²) in [5.74, 6) is -0.575. The first-order valence-electron chi connectivity index (χ1n) is 7.54. The summed E-state index contributed by atoms with van der Waals surface area (Å²) in [5, 5.41) is 0.536. The van der Waals surface area contributed by atoms with Crippen LogP contribution >= 0.6 is 15.9 Å². The lowest BCUT2D eigenvalue weighted by molar-refractivity contribution is -0.219. The second-order valence-corrected chi connectivity index (χ2v) is 6.62. The number of ether oxygens (including phenoxy) is 1. The van der Waals surface area contributed by atoms with E-state index < -0.39 is 24.2 Å². The van der Waals surface area contributed by atoms with Crippen LogP contribution in [0.1, 0.15) is 31.4 Å². The van der Waals surface area contributed by atoms with E-state index in [1.54, 1.807) is 26.0 Å². The van der Waals surface area contributed by atoms with Crippen molar-refractivity contribution in [2.75, 3.05) is 7.11 Å². The summed E-state index contributed by atoms with van der Waals surface area (Å²) in [4.78, 5) is 0. The number of alkyl halides is 5. The van der Waals surface area contributed by atoms with Gasteiger partial charge in [0.05, 0.1) is 13.5 Å². The molecule has 0 fully saturated rings. The Kier molecular flexibility index (Phi) is 5.47. The van der Waals surface area contributed by atoms with Crippen molar-refractivity contribution in [3.63, 3.8) is 0 Å². The van der Waals surface area contributed by atoms with Gasteiger partial charge in [-0.05, 0) is 28.7 Å². The van der Waals surface area contributed by atoms with Crippen LogP contribution in [0.25, 0.3) is 5.57 Å². The monoisotopic (exact) mass is 406 g/mol. The predicted molar refractivity (Wildman–Crippen MR) is 90.4 cm³/mol. The van der Waals surface area contributed by atoms with Gasteiger partial charge in [-0.15, -0.1) is 0 Å². The van der Waals surface area contributed by atoms with E-state index in [1.807, 2.05) is 12.1 Å². The summed E-state index contributed by atoms with van der Waals surface area (Å²) in [7, 11) is 1.27. The molecule has 0 N–H and O–H groups in total. The number of allylic oxidation sites excluding steroid dienone is 4. The standard InChI is InChI=1S/C18H19BrF4O/c1-11(2)15-8-14(13-7-5-4-6-12(13)10-19)16(24-3)9-17(15,20)18(21,22)23/h4-8,11H,9-10H2,1-3H3. The fourth-order valence-corrected chi connectivity index (χ4v) is 3.46. The smallest absolute Gasteiger partial charge is 0.426 e. The van der Waals surface area contributed by atoms with E-state index in [0.717, 1.165) is 11.1 Å². The largest absolute Gasteiger partial charge is 0.500 e. The number of methoxy groups -OCH3 is 1. The SMILES string of the molecule is COC1=C(c2ccccc2CBr)C=C(C(C)C)C(F)(C(F)(F)F)C1.